The first-order valence-electron chi connectivity index (χ1n) is 7.14. The molecular formula is C16H17N5O. The summed E-state index contributed by atoms with van der Waals surface area (Å²) in [6.07, 6.45) is 3.91. The molecule has 0 radical (unpaired) electrons. The van der Waals surface area contributed by atoms with Crippen LogP contribution in [0.25, 0.3) is 5.65 Å². The minimum Gasteiger partial charge on any atom is -0.346 e. The number of rotatable bonds is 4. The third-order valence-corrected chi connectivity index (χ3v) is 3.44. The molecule has 112 valence electrons. The zero-order valence-electron chi connectivity index (χ0n) is 12.5. The molecule has 3 aromatic rings. The van der Waals surface area contributed by atoms with E-state index in [1.807, 2.05) is 54.8 Å². The number of aromatic nitrogens is 4. The van der Waals surface area contributed by atoms with E-state index in [1.165, 1.54) is 0 Å². The maximum atomic E-state index is 12.1. The van der Waals surface area contributed by atoms with Crippen LogP contribution in [0.1, 0.15) is 30.0 Å². The Morgan fingerprint density at radius 1 is 1.27 bits per heavy atom. The molecule has 3 rings (SSSR count). The molecule has 0 spiro atoms. The summed E-state index contributed by atoms with van der Waals surface area (Å²) in [5.41, 5.74) is 2.59. The van der Waals surface area contributed by atoms with Gasteiger partial charge in [0.05, 0.1) is 12.5 Å². The summed E-state index contributed by atoms with van der Waals surface area (Å²) in [7, 11) is 0. The van der Waals surface area contributed by atoms with E-state index in [9.17, 15) is 4.79 Å². The van der Waals surface area contributed by atoms with Crippen LogP contribution < -0.4 is 5.32 Å². The Morgan fingerprint density at radius 2 is 2.14 bits per heavy atom. The van der Waals surface area contributed by atoms with E-state index in [0.717, 1.165) is 16.9 Å². The Morgan fingerprint density at radius 3 is 2.91 bits per heavy atom. The average Bonchev–Trinajstić information content (AvgIpc) is 2.93. The average molecular weight is 295 g/mol. The molecule has 0 saturated heterocycles. The second-order valence-electron chi connectivity index (χ2n) is 5.26. The van der Waals surface area contributed by atoms with Gasteiger partial charge >= 0.3 is 0 Å². The molecule has 1 atom stereocenters. The lowest BCUT2D eigenvalue weighted by molar-refractivity contribution is -0.121. The van der Waals surface area contributed by atoms with E-state index in [2.05, 4.69) is 20.5 Å². The predicted octanol–water partition coefficient (Wildman–Crippen LogP) is 1.85. The summed E-state index contributed by atoms with van der Waals surface area (Å²) in [5.74, 6) is 0.650. The molecule has 3 aromatic heterocycles. The van der Waals surface area contributed by atoms with Gasteiger partial charge in [-0.05, 0) is 37.6 Å². The van der Waals surface area contributed by atoms with Crippen molar-refractivity contribution in [1.82, 2.24) is 24.9 Å². The molecule has 6 nitrogen and oxygen atoms in total. The molecule has 1 N–H and O–H groups in total. The summed E-state index contributed by atoms with van der Waals surface area (Å²) >= 11 is 0. The number of hydrogen-bond donors (Lipinski definition) is 1. The lowest BCUT2D eigenvalue weighted by Gasteiger charge is -2.12. The first kappa shape index (κ1) is 14.2. The van der Waals surface area contributed by atoms with E-state index in [-0.39, 0.29) is 11.9 Å². The highest BCUT2D eigenvalue weighted by Gasteiger charge is 2.15. The highest BCUT2D eigenvalue weighted by molar-refractivity contribution is 5.78. The number of nitrogens with one attached hydrogen (secondary N) is 1. The van der Waals surface area contributed by atoms with Crippen molar-refractivity contribution >= 4 is 11.6 Å². The minimum absolute atomic E-state index is 0.0640. The molecule has 0 aliphatic carbocycles. The van der Waals surface area contributed by atoms with Crippen LogP contribution in [0.3, 0.4) is 0 Å². The summed E-state index contributed by atoms with van der Waals surface area (Å²) < 4.78 is 1.87. The van der Waals surface area contributed by atoms with E-state index in [4.69, 9.17) is 0 Å². The SMILES string of the molecule is Cc1ccc(CC(=O)N[C@@H](C)c2nnc3ccccn23)cn1. The van der Waals surface area contributed by atoms with Gasteiger partial charge in [-0.3, -0.25) is 14.2 Å². The molecule has 0 aromatic carbocycles. The number of pyridine rings is 2. The quantitative estimate of drug-likeness (QED) is 0.797. The van der Waals surface area contributed by atoms with Crippen molar-refractivity contribution in [2.45, 2.75) is 26.3 Å². The summed E-state index contributed by atoms with van der Waals surface area (Å²) in [4.78, 5) is 16.3. The normalized spacial score (nSPS) is 12.3. The van der Waals surface area contributed by atoms with Crippen LogP contribution in [0, 0.1) is 6.92 Å². The molecule has 0 aliphatic heterocycles. The van der Waals surface area contributed by atoms with E-state index in [0.29, 0.717) is 12.2 Å². The van der Waals surface area contributed by atoms with Crippen LogP contribution in [0.4, 0.5) is 0 Å². The third kappa shape index (κ3) is 2.95. The van der Waals surface area contributed by atoms with Gasteiger partial charge < -0.3 is 5.32 Å². The van der Waals surface area contributed by atoms with Gasteiger partial charge in [-0.15, -0.1) is 10.2 Å². The number of carbonyl (C=O) groups is 1. The Hall–Kier alpha value is -2.76. The van der Waals surface area contributed by atoms with E-state index < -0.39 is 0 Å². The van der Waals surface area contributed by atoms with Gasteiger partial charge in [0.15, 0.2) is 11.5 Å². The lowest BCUT2D eigenvalue weighted by atomic mass is 10.2. The molecule has 1 amide bonds. The van der Waals surface area contributed by atoms with Crippen LogP contribution in [-0.2, 0) is 11.2 Å². The zero-order chi connectivity index (χ0) is 15.5. The number of carbonyl (C=O) groups excluding carboxylic acids is 1. The lowest BCUT2D eigenvalue weighted by Crippen LogP contribution is -2.29. The first-order valence-corrected chi connectivity index (χ1v) is 7.14. The number of amides is 1. The van der Waals surface area contributed by atoms with Crippen LogP contribution in [0.15, 0.2) is 42.7 Å². The summed E-state index contributed by atoms with van der Waals surface area (Å²) in [6.45, 7) is 3.82. The molecule has 0 bridgehead atoms. The number of hydrogen-bond acceptors (Lipinski definition) is 4. The molecule has 0 fully saturated rings. The topological polar surface area (TPSA) is 72.2 Å². The first-order chi connectivity index (χ1) is 10.6. The van der Waals surface area contributed by atoms with Crippen molar-refractivity contribution < 1.29 is 4.79 Å². The fraction of sp³-hybridized carbons (Fsp3) is 0.250. The zero-order valence-corrected chi connectivity index (χ0v) is 12.5. The highest BCUT2D eigenvalue weighted by atomic mass is 16.1. The second-order valence-corrected chi connectivity index (χ2v) is 5.26. The van der Waals surface area contributed by atoms with Gasteiger partial charge in [-0.25, -0.2) is 0 Å². The monoisotopic (exact) mass is 295 g/mol. The highest BCUT2D eigenvalue weighted by Crippen LogP contribution is 2.12. The van der Waals surface area contributed by atoms with Crippen molar-refractivity contribution in [3.8, 4) is 0 Å². The standard InChI is InChI=1S/C16H17N5O/c1-11-6-7-13(10-17-11)9-15(22)18-12(2)16-20-19-14-5-3-4-8-21(14)16/h3-8,10,12H,9H2,1-2H3,(H,18,22)/t12-/m0/s1. The number of fused-ring (bicyclic) bond motifs is 1. The van der Waals surface area contributed by atoms with Crippen LogP contribution >= 0.6 is 0 Å². The molecule has 0 aliphatic rings. The predicted molar refractivity (Wildman–Crippen MR) is 82.2 cm³/mol. The van der Waals surface area contributed by atoms with Crippen molar-refractivity contribution in [2.24, 2.45) is 0 Å². The van der Waals surface area contributed by atoms with Crippen molar-refractivity contribution in [2.75, 3.05) is 0 Å². The fourth-order valence-electron chi connectivity index (χ4n) is 2.30. The van der Waals surface area contributed by atoms with Gasteiger partial charge in [0.1, 0.15) is 0 Å². The molecular weight excluding hydrogens is 278 g/mol. The maximum absolute atomic E-state index is 12.1. The minimum atomic E-state index is -0.219. The van der Waals surface area contributed by atoms with Gasteiger partial charge in [-0.2, -0.15) is 0 Å². The Bertz CT molecular complexity index is 794. The number of aryl methyl sites for hydroxylation is 1. The van der Waals surface area contributed by atoms with Crippen molar-refractivity contribution in [1.29, 1.82) is 0 Å². The maximum Gasteiger partial charge on any atom is 0.225 e. The van der Waals surface area contributed by atoms with E-state index in [1.54, 1.807) is 6.20 Å². The van der Waals surface area contributed by atoms with Gasteiger partial charge in [0.25, 0.3) is 0 Å². The van der Waals surface area contributed by atoms with Crippen LogP contribution in [0.2, 0.25) is 0 Å². The third-order valence-electron chi connectivity index (χ3n) is 3.44. The fourth-order valence-corrected chi connectivity index (χ4v) is 2.30. The van der Waals surface area contributed by atoms with Crippen LogP contribution in [-0.4, -0.2) is 25.5 Å². The Kier molecular flexibility index (Phi) is 3.82. The Balaban J connectivity index is 1.69. The summed E-state index contributed by atoms with van der Waals surface area (Å²) in [6, 6.07) is 9.29. The Labute approximate surface area is 128 Å². The van der Waals surface area contributed by atoms with Gasteiger partial charge in [0.2, 0.25) is 5.91 Å². The van der Waals surface area contributed by atoms with Gasteiger partial charge in [-0.1, -0.05) is 12.1 Å². The molecule has 3 heterocycles. The molecule has 22 heavy (non-hydrogen) atoms. The summed E-state index contributed by atoms with van der Waals surface area (Å²) in [5, 5.41) is 11.2. The number of nitrogens with zero attached hydrogens (tertiary/aromatic N) is 4. The smallest absolute Gasteiger partial charge is 0.225 e. The molecule has 0 saturated carbocycles. The molecule has 0 unspecified atom stereocenters. The van der Waals surface area contributed by atoms with Crippen molar-refractivity contribution in [3.05, 3.63) is 59.8 Å². The van der Waals surface area contributed by atoms with E-state index >= 15 is 0 Å². The van der Waals surface area contributed by atoms with Crippen LogP contribution in [0.5, 0.6) is 0 Å². The second kappa shape index (κ2) is 5.93. The molecule has 6 heteroatoms. The van der Waals surface area contributed by atoms with Crippen molar-refractivity contribution in [3.63, 3.8) is 0 Å². The van der Waals surface area contributed by atoms with Gasteiger partial charge in [0, 0.05) is 18.1 Å². The largest absolute Gasteiger partial charge is 0.346 e.